The topological polar surface area (TPSA) is 388 Å². The van der Waals surface area contributed by atoms with Crippen LogP contribution in [-0.4, -0.2) is 230 Å². The Balaban J connectivity index is 1.05. The van der Waals surface area contributed by atoms with Crippen LogP contribution in [0.25, 0.3) is 0 Å². The number of benzene rings is 2. The summed E-state index contributed by atoms with van der Waals surface area (Å²) in [7, 11) is 0. The van der Waals surface area contributed by atoms with Gasteiger partial charge in [0.25, 0.3) is 0 Å². The zero-order chi connectivity index (χ0) is 62.0. The van der Waals surface area contributed by atoms with Gasteiger partial charge >= 0.3 is 17.9 Å². The first-order valence-corrected chi connectivity index (χ1v) is 29.7. The van der Waals surface area contributed by atoms with E-state index in [0.717, 1.165) is 0 Å². The lowest BCUT2D eigenvalue weighted by Gasteiger charge is -2.69. The molecule has 474 valence electrons. The van der Waals surface area contributed by atoms with Gasteiger partial charge in [0.05, 0.1) is 60.8 Å². The van der Waals surface area contributed by atoms with Crippen LogP contribution in [-0.2, 0) is 42.7 Å². The number of allylic oxidation sites excluding steroid dienone is 1. The average Bonchev–Trinajstić information content (AvgIpc) is 0.783. The van der Waals surface area contributed by atoms with E-state index in [1.807, 2.05) is 19.9 Å². The third-order valence-electron chi connectivity index (χ3n) is 20.1. The molecule has 7 aliphatic rings. The van der Waals surface area contributed by atoms with Crippen molar-refractivity contribution in [2.24, 2.45) is 39.9 Å². The normalized spacial score (nSPS) is 44.3. The Hall–Kier alpha value is -3.43. The number of carbonyl (C=O) groups excluding carboxylic acids is 2. The highest BCUT2D eigenvalue weighted by atomic mass is 32.1. The van der Waals surface area contributed by atoms with Crippen molar-refractivity contribution in [3.8, 4) is 0 Å². The molecule has 26 heteroatoms. The fourth-order valence-corrected chi connectivity index (χ4v) is 16.6. The van der Waals surface area contributed by atoms with Crippen LogP contribution >= 0.6 is 25.3 Å². The Bertz CT molecular complexity index is 2690. The van der Waals surface area contributed by atoms with Crippen molar-refractivity contribution in [3.63, 3.8) is 0 Å². The van der Waals surface area contributed by atoms with Crippen LogP contribution in [0.3, 0.4) is 0 Å². The van der Waals surface area contributed by atoms with E-state index in [1.54, 1.807) is 36.4 Å². The standard InChI is InChI=1S/C59H82O24S2/c1-26(62)44(80-52-42(68)38(64)32(63)24-76-52)45(81-53-43(69)41(67)39(65)33(23-60)78-53)54(77-27(2)49(71)72)79-36-19-21-55(3)34-17-16-30-31-22-59(75,85)48(83-51(74)29-14-10-7-11-15-29)47(82-50(73)28-12-8-6-9-13-28)58(31,25-61)46(70)40(66)37(30)56(34,4)20-18-35(55)57(36,5)84/h6-16,26-27,31-48,52-54,60-70,75,84-85H,17-25H2,1-5H3,(H,71,72)/t26?,27?,31?,32?,33?,34?,35?,36-,37?,38?,39?,40+,41?,42?,43?,44?,45?,46+,47-,48-,52?,53?,54?,55+,56+,57-,58-,59-/m0/s1. The number of esters is 2. The summed E-state index contributed by atoms with van der Waals surface area (Å²) in [6.45, 7) is 6.07. The minimum absolute atomic E-state index is 0.0807. The molecule has 18 unspecified atom stereocenters. The summed E-state index contributed by atoms with van der Waals surface area (Å²) >= 11 is 10.1. The van der Waals surface area contributed by atoms with E-state index in [-0.39, 0.29) is 35.8 Å². The highest BCUT2D eigenvalue weighted by Crippen LogP contribution is 2.72. The van der Waals surface area contributed by atoms with Crippen molar-refractivity contribution in [1.29, 1.82) is 0 Å². The maximum Gasteiger partial charge on any atom is 0.338 e. The summed E-state index contributed by atoms with van der Waals surface area (Å²) < 4.78 is 47.7. The Morgan fingerprint density at radius 1 is 0.706 bits per heavy atom. The van der Waals surface area contributed by atoms with Gasteiger partial charge in [-0.25, -0.2) is 14.4 Å². The first-order chi connectivity index (χ1) is 40.0. The van der Waals surface area contributed by atoms with Gasteiger partial charge in [0.1, 0.15) is 59.9 Å². The van der Waals surface area contributed by atoms with Crippen molar-refractivity contribution in [1.82, 2.24) is 0 Å². The molecule has 28 atom stereocenters. The second-order valence-electron chi connectivity index (χ2n) is 25.1. The molecule has 9 rings (SSSR count). The van der Waals surface area contributed by atoms with Gasteiger partial charge in [0.2, 0.25) is 0 Å². The predicted molar refractivity (Wildman–Crippen MR) is 300 cm³/mol. The van der Waals surface area contributed by atoms with Gasteiger partial charge in [-0.2, -0.15) is 12.6 Å². The third kappa shape index (κ3) is 11.9. The number of rotatable bonds is 18. The van der Waals surface area contributed by atoms with Gasteiger partial charge in [-0.15, -0.1) is 12.6 Å². The molecule has 6 fully saturated rings. The molecule has 0 aromatic heterocycles. The molecule has 4 saturated carbocycles. The van der Waals surface area contributed by atoms with Crippen LogP contribution in [0.5, 0.6) is 0 Å². The zero-order valence-electron chi connectivity index (χ0n) is 47.7. The average molecular weight is 1240 g/mol. The summed E-state index contributed by atoms with van der Waals surface area (Å²) in [6, 6.07) is 15.7. The molecule has 2 aromatic rings. The van der Waals surface area contributed by atoms with Crippen LogP contribution < -0.4 is 0 Å². The molecule has 0 bridgehead atoms. The number of carboxylic acids is 1. The van der Waals surface area contributed by atoms with Gasteiger partial charge in [-0.1, -0.05) is 61.9 Å². The molecule has 85 heavy (non-hydrogen) atoms. The number of hydrogen-bond acceptors (Lipinski definition) is 25. The lowest BCUT2D eigenvalue weighted by Crippen LogP contribution is -2.75. The quantitative estimate of drug-likeness (QED) is 0.0399. The number of fused-ring (bicyclic) bond motifs is 7. The summed E-state index contributed by atoms with van der Waals surface area (Å²) in [6.07, 6.45) is -30.1. The van der Waals surface area contributed by atoms with E-state index in [9.17, 15) is 80.8 Å². The second-order valence-corrected chi connectivity index (χ2v) is 26.8. The molecular formula is C59H82O24S2. The van der Waals surface area contributed by atoms with Crippen molar-refractivity contribution in [3.05, 3.63) is 83.4 Å². The van der Waals surface area contributed by atoms with E-state index in [2.05, 4.69) is 6.92 Å². The summed E-state index contributed by atoms with van der Waals surface area (Å²) in [5.74, 6) is -5.79. The van der Waals surface area contributed by atoms with Crippen LogP contribution in [0.1, 0.15) is 93.9 Å². The Labute approximate surface area is 502 Å². The summed E-state index contributed by atoms with van der Waals surface area (Å²) in [5.41, 5.74) is -2.71. The molecule has 0 radical (unpaired) electrons. The largest absolute Gasteiger partial charge is 0.479 e. The van der Waals surface area contributed by atoms with Crippen LogP contribution in [0, 0.1) is 39.9 Å². The summed E-state index contributed by atoms with van der Waals surface area (Å²) in [4.78, 5) is 38.3. The van der Waals surface area contributed by atoms with Crippen LogP contribution in [0.4, 0.5) is 0 Å². The first-order valence-electron chi connectivity index (χ1n) is 28.8. The summed E-state index contributed by atoms with van der Waals surface area (Å²) in [5, 5.41) is 147. The highest BCUT2D eigenvalue weighted by molar-refractivity contribution is 7.82. The molecular weight excluding hydrogens is 1160 g/mol. The molecule has 24 nitrogen and oxygen atoms in total. The number of hydrogen-bond donors (Lipinski definition) is 15. The van der Waals surface area contributed by atoms with E-state index >= 15 is 0 Å². The fourth-order valence-electron chi connectivity index (χ4n) is 15.6. The Morgan fingerprint density at radius 2 is 1.28 bits per heavy atom. The van der Waals surface area contributed by atoms with Gasteiger partial charge in [0, 0.05) is 10.7 Å². The molecule has 2 heterocycles. The van der Waals surface area contributed by atoms with E-state index in [1.165, 1.54) is 38.1 Å². The third-order valence-corrected chi connectivity index (χ3v) is 21.1. The molecule has 0 amide bonds. The number of aliphatic hydroxyl groups excluding tert-OH is 11. The molecule has 2 saturated heterocycles. The SMILES string of the molecule is CC(OC(O[C@H]1CC[C@]2(C)C3CC=C4C([C@@H](O)[C@@H](O)[C@]5(CO)C4C[C@](O)(S)[C@@H](OC(=O)c4ccccc4)[C@@H]5OC(=O)c4ccccc4)[C@]3(C)CCC2[C@]1(C)S)C(OC1OC(CO)C(O)C(O)C1O)C(OC1OCC(O)C(O)C1O)C(C)O)C(=O)O. The molecule has 5 aliphatic carbocycles. The molecule has 13 N–H and O–H groups in total. The first kappa shape index (κ1) is 66.0. The smallest absolute Gasteiger partial charge is 0.338 e. The number of thiol groups is 2. The molecule has 2 aliphatic heterocycles. The van der Waals surface area contributed by atoms with Crippen molar-refractivity contribution in [2.45, 2.75) is 199 Å². The fraction of sp³-hybridized carbons (Fsp3) is 0.712. The van der Waals surface area contributed by atoms with Gasteiger partial charge in [-0.3, -0.25) is 0 Å². The van der Waals surface area contributed by atoms with Crippen molar-refractivity contribution in [2.75, 3.05) is 19.8 Å². The van der Waals surface area contributed by atoms with Crippen LogP contribution in [0.15, 0.2) is 72.3 Å². The second kappa shape index (κ2) is 25.5. The van der Waals surface area contributed by atoms with Crippen LogP contribution in [0.2, 0.25) is 0 Å². The zero-order valence-corrected chi connectivity index (χ0v) is 49.5. The number of carbonyl (C=O) groups is 3. The monoisotopic (exact) mass is 1240 g/mol. The minimum Gasteiger partial charge on any atom is -0.479 e. The Morgan fingerprint density at radius 3 is 1.86 bits per heavy atom. The van der Waals surface area contributed by atoms with Gasteiger partial charge in [-0.05, 0) is 112 Å². The number of aliphatic carboxylic acids is 1. The van der Waals surface area contributed by atoms with Crippen molar-refractivity contribution >= 4 is 43.2 Å². The van der Waals surface area contributed by atoms with E-state index in [4.69, 9.17) is 63.2 Å². The van der Waals surface area contributed by atoms with Crippen molar-refractivity contribution < 1.29 is 119 Å². The maximum absolute atomic E-state index is 14.1. The molecule has 0 spiro atoms. The number of ether oxygens (including phenoxy) is 8. The minimum atomic E-state index is -2.25. The maximum atomic E-state index is 14.1. The number of carboxylic acid groups (broad SMARTS) is 1. The Kier molecular flexibility index (Phi) is 19.8. The lowest BCUT2D eigenvalue weighted by atomic mass is 9.37. The highest BCUT2D eigenvalue weighted by Gasteiger charge is 2.74. The van der Waals surface area contributed by atoms with Gasteiger partial charge < -0.3 is 104 Å². The van der Waals surface area contributed by atoms with E-state index < -0.39 is 192 Å². The lowest BCUT2D eigenvalue weighted by molar-refractivity contribution is -0.367. The number of aliphatic hydroxyl groups is 12. The predicted octanol–water partition coefficient (Wildman–Crippen LogP) is -0.151. The van der Waals surface area contributed by atoms with E-state index in [0.29, 0.717) is 31.3 Å². The van der Waals surface area contributed by atoms with Gasteiger partial charge in [0.15, 0.2) is 37.2 Å². The molecule has 2 aromatic carbocycles.